The Balaban J connectivity index is 1.41. The number of urea groups is 1. The minimum atomic E-state index is -0.343. The molecule has 3 amide bonds. The Morgan fingerprint density at radius 3 is 2.77 bits per heavy atom. The summed E-state index contributed by atoms with van der Waals surface area (Å²) in [5.74, 6) is 0. The van der Waals surface area contributed by atoms with Gasteiger partial charge in [-0.05, 0) is 31.2 Å². The molecule has 2 aromatic rings. The van der Waals surface area contributed by atoms with Gasteiger partial charge in [0.2, 0.25) is 0 Å². The van der Waals surface area contributed by atoms with Crippen molar-refractivity contribution in [2.24, 2.45) is 0 Å². The number of amides is 3. The Morgan fingerprint density at radius 1 is 1.23 bits per heavy atom. The van der Waals surface area contributed by atoms with E-state index in [2.05, 4.69) is 10.3 Å². The van der Waals surface area contributed by atoms with Crippen molar-refractivity contribution in [2.75, 3.05) is 18.4 Å². The molecular weight excluding hydrogens is 332 g/mol. The zero-order valence-corrected chi connectivity index (χ0v) is 14.5. The van der Waals surface area contributed by atoms with Gasteiger partial charge in [0.15, 0.2) is 0 Å². The lowest BCUT2D eigenvalue weighted by atomic mass is 10.2. The van der Waals surface area contributed by atoms with Crippen LogP contribution in [0.25, 0.3) is 0 Å². The largest absolute Gasteiger partial charge is 0.442 e. The summed E-state index contributed by atoms with van der Waals surface area (Å²) in [6, 6.07) is 12.9. The van der Waals surface area contributed by atoms with Gasteiger partial charge in [-0.2, -0.15) is 0 Å². The third-order valence-electron chi connectivity index (χ3n) is 4.77. The number of nitrogens with zero attached hydrogens (tertiary/aromatic N) is 3. The van der Waals surface area contributed by atoms with Gasteiger partial charge in [0, 0.05) is 18.4 Å². The van der Waals surface area contributed by atoms with E-state index in [1.807, 2.05) is 49.4 Å². The number of nitrogens with one attached hydrogen (secondary N) is 1. The van der Waals surface area contributed by atoms with Crippen LogP contribution in [0.15, 0.2) is 48.7 Å². The molecule has 2 aliphatic rings. The van der Waals surface area contributed by atoms with E-state index < -0.39 is 0 Å². The van der Waals surface area contributed by atoms with Crippen LogP contribution < -0.4 is 5.32 Å². The van der Waals surface area contributed by atoms with E-state index in [9.17, 15) is 9.59 Å². The number of benzene rings is 1. The molecule has 7 heteroatoms. The molecular formula is C19H20N4O3. The van der Waals surface area contributed by atoms with Crippen molar-refractivity contribution >= 4 is 17.8 Å². The first-order valence-corrected chi connectivity index (χ1v) is 8.60. The first-order valence-electron chi connectivity index (χ1n) is 8.60. The first-order chi connectivity index (χ1) is 12.6. The predicted octanol–water partition coefficient (Wildman–Crippen LogP) is 2.63. The number of aromatic nitrogens is 1. The number of aryl methyl sites for hydroxylation is 1. The average molecular weight is 352 g/mol. The summed E-state index contributed by atoms with van der Waals surface area (Å²) >= 11 is 0. The fourth-order valence-corrected chi connectivity index (χ4v) is 3.36. The predicted molar refractivity (Wildman–Crippen MR) is 95.6 cm³/mol. The minimum absolute atomic E-state index is 0.145. The monoisotopic (exact) mass is 352 g/mol. The summed E-state index contributed by atoms with van der Waals surface area (Å²) < 4.78 is 5.45. The van der Waals surface area contributed by atoms with Crippen LogP contribution in [0.1, 0.15) is 11.3 Å². The number of carbonyl (C=O) groups is 2. The summed E-state index contributed by atoms with van der Waals surface area (Å²) in [6.07, 6.45) is 1.06. The van der Waals surface area contributed by atoms with Crippen molar-refractivity contribution in [3.05, 3.63) is 59.9 Å². The van der Waals surface area contributed by atoms with Crippen molar-refractivity contribution in [1.29, 1.82) is 0 Å². The van der Waals surface area contributed by atoms with Crippen LogP contribution in [0.4, 0.5) is 15.3 Å². The van der Waals surface area contributed by atoms with Crippen LogP contribution in [0, 0.1) is 6.92 Å². The van der Waals surface area contributed by atoms with Crippen molar-refractivity contribution in [2.45, 2.75) is 25.6 Å². The smallest absolute Gasteiger partial charge is 0.410 e. The number of fused-ring (bicyclic) bond motifs is 1. The zero-order valence-electron chi connectivity index (χ0n) is 14.5. The maximum atomic E-state index is 12.5. The topological polar surface area (TPSA) is 74.8 Å². The SMILES string of the molecule is Cc1ccc(NC(=O)N2C[C@H]3OC(=O)N(Cc4ccccn4)[C@H]3C2)cc1. The van der Waals surface area contributed by atoms with Crippen molar-refractivity contribution in [3.63, 3.8) is 0 Å². The highest BCUT2D eigenvalue weighted by Crippen LogP contribution is 2.28. The van der Waals surface area contributed by atoms with Crippen molar-refractivity contribution in [1.82, 2.24) is 14.8 Å². The summed E-state index contributed by atoms with van der Waals surface area (Å²) in [4.78, 5) is 32.3. The highest BCUT2D eigenvalue weighted by molar-refractivity contribution is 5.89. The number of anilines is 1. The third-order valence-corrected chi connectivity index (χ3v) is 4.77. The van der Waals surface area contributed by atoms with Crippen LogP contribution in [-0.4, -0.2) is 52.1 Å². The van der Waals surface area contributed by atoms with Crippen molar-refractivity contribution in [3.8, 4) is 0 Å². The molecule has 26 heavy (non-hydrogen) atoms. The molecule has 0 radical (unpaired) electrons. The molecule has 2 fully saturated rings. The van der Waals surface area contributed by atoms with E-state index in [0.29, 0.717) is 19.6 Å². The number of carbonyl (C=O) groups excluding carboxylic acids is 2. The fourth-order valence-electron chi connectivity index (χ4n) is 3.36. The second-order valence-corrected chi connectivity index (χ2v) is 6.64. The molecule has 1 N–H and O–H groups in total. The number of hydrogen-bond donors (Lipinski definition) is 1. The first kappa shape index (κ1) is 16.4. The van der Waals surface area contributed by atoms with Gasteiger partial charge in [-0.15, -0.1) is 0 Å². The number of ether oxygens (including phenoxy) is 1. The molecule has 3 heterocycles. The number of pyridine rings is 1. The van der Waals surface area contributed by atoms with Gasteiger partial charge in [0.25, 0.3) is 0 Å². The standard InChI is InChI=1S/C19H20N4O3/c1-13-5-7-14(8-6-13)21-18(24)22-11-16-17(12-22)26-19(25)23(16)10-15-4-2-3-9-20-15/h2-9,16-17H,10-12H2,1H3,(H,21,24)/t16-,17+/m0/s1. The van der Waals surface area contributed by atoms with Crippen molar-refractivity contribution < 1.29 is 14.3 Å². The molecule has 0 spiro atoms. The molecule has 0 aliphatic carbocycles. The minimum Gasteiger partial charge on any atom is -0.442 e. The van der Waals surface area contributed by atoms with E-state index in [0.717, 1.165) is 16.9 Å². The number of rotatable bonds is 3. The number of likely N-dealkylation sites (tertiary alicyclic amines) is 1. The third kappa shape index (κ3) is 3.20. The quantitative estimate of drug-likeness (QED) is 0.921. The molecule has 0 unspecified atom stereocenters. The lowest BCUT2D eigenvalue weighted by Gasteiger charge is -2.22. The zero-order chi connectivity index (χ0) is 18.1. The van der Waals surface area contributed by atoms with Gasteiger partial charge in [0.05, 0.1) is 24.8 Å². The average Bonchev–Trinajstić information content (AvgIpc) is 3.17. The van der Waals surface area contributed by atoms with E-state index in [1.54, 1.807) is 16.0 Å². The Morgan fingerprint density at radius 2 is 2.04 bits per heavy atom. The lowest BCUT2D eigenvalue weighted by Crippen LogP contribution is -2.40. The highest BCUT2D eigenvalue weighted by atomic mass is 16.6. The summed E-state index contributed by atoms with van der Waals surface area (Å²) in [7, 11) is 0. The van der Waals surface area contributed by atoms with Crippen LogP contribution in [0.3, 0.4) is 0 Å². The molecule has 7 nitrogen and oxygen atoms in total. The number of hydrogen-bond acceptors (Lipinski definition) is 4. The van der Waals surface area contributed by atoms with Gasteiger partial charge in [-0.25, -0.2) is 9.59 Å². The molecule has 134 valence electrons. The molecule has 1 aromatic heterocycles. The van der Waals surface area contributed by atoms with E-state index in [4.69, 9.17) is 4.74 Å². The lowest BCUT2D eigenvalue weighted by molar-refractivity contribution is 0.123. The molecule has 1 aromatic carbocycles. The second kappa shape index (κ2) is 6.67. The van der Waals surface area contributed by atoms with E-state index in [1.165, 1.54) is 0 Å². The Bertz CT molecular complexity index is 809. The fraction of sp³-hybridized carbons (Fsp3) is 0.316. The van der Waals surface area contributed by atoms with Gasteiger partial charge >= 0.3 is 12.1 Å². The Labute approximate surface area is 151 Å². The van der Waals surface area contributed by atoms with E-state index in [-0.39, 0.29) is 24.3 Å². The van der Waals surface area contributed by atoms with Gasteiger partial charge < -0.3 is 15.0 Å². The highest BCUT2D eigenvalue weighted by Gasteiger charge is 2.48. The maximum Gasteiger partial charge on any atom is 0.410 e. The summed E-state index contributed by atoms with van der Waals surface area (Å²) in [5.41, 5.74) is 2.68. The van der Waals surface area contributed by atoms with Gasteiger partial charge in [0.1, 0.15) is 6.10 Å². The molecule has 0 saturated carbocycles. The van der Waals surface area contributed by atoms with Gasteiger partial charge in [-0.1, -0.05) is 23.8 Å². The normalized spacial score (nSPS) is 21.5. The molecule has 2 atom stereocenters. The van der Waals surface area contributed by atoms with Crippen LogP contribution in [0.2, 0.25) is 0 Å². The summed E-state index contributed by atoms with van der Waals surface area (Å²) in [6.45, 7) is 3.22. The molecule has 4 rings (SSSR count). The van der Waals surface area contributed by atoms with Crippen LogP contribution in [-0.2, 0) is 11.3 Å². The molecule has 0 bridgehead atoms. The Kier molecular flexibility index (Phi) is 4.20. The molecule has 2 saturated heterocycles. The Hall–Kier alpha value is -3.09. The summed E-state index contributed by atoms with van der Waals surface area (Å²) in [5, 5.41) is 2.89. The van der Waals surface area contributed by atoms with Crippen LogP contribution >= 0.6 is 0 Å². The molecule has 2 aliphatic heterocycles. The van der Waals surface area contributed by atoms with Gasteiger partial charge in [-0.3, -0.25) is 9.88 Å². The van der Waals surface area contributed by atoms with Crippen LogP contribution in [0.5, 0.6) is 0 Å². The second-order valence-electron chi connectivity index (χ2n) is 6.64. The van der Waals surface area contributed by atoms with E-state index >= 15 is 0 Å². The maximum absolute atomic E-state index is 12.5.